The molecule has 140 valence electrons. The zero-order chi connectivity index (χ0) is 19.0. The van der Waals surface area contributed by atoms with Crippen LogP contribution < -0.4 is 14.7 Å². The Balaban J connectivity index is 1.48. The lowest BCUT2D eigenvalue weighted by Crippen LogP contribution is -2.48. The molecule has 0 radical (unpaired) electrons. The van der Waals surface area contributed by atoms with E-state index >= 15 is 0 Å². The summed E-state index contributed by atoms with van der Waals surface area (Å²) in [5, 5.41) is 0. The Labute approximate surface area is 169 Å². The SMILES string of the molecule is CN1C=C2c3ccccc3-c3ccc4c5c3N2C1C5C1N(C)c2ccccc2N41. The van der Waals surface area contributed by atoms with Gasteiger partial charge in [-0.1, -0.05) is 42.5 Å². The third-order valence-electron chi connectivity index (χ3n) is 7.61. The zero-order valence-corrected chi connectivity index (χ0v) is 16.4. The van der Waals surface area contributed by atoms with E-state index in [0.717, 1.165) is 0 Å². The van der Waals surface area contributed by atoms with Crippen LogP contribution in [0.2, 0.25) is 0 Å². The molecule has 0 N–H and O–H groups in total. The smallest absolute Gasteiger partial charge is 0.117 e. The van der Waals surface area contributed by atoms with Gasteiger partial charge in [-0.25, -0.2) is 0 Å². The van der Waals surface area contributed by atoms with Crippen LogP contribution >= 0.6 is 0 Å². The van der Waals surface area contributed by atoms with Crippen molar-refractivity contribution in [3.8, 4) is 11.1 Å². The van der Waals surface area contributed by atoms with Gasteiger partial charge in [-0.3, -0.25) is 0 Å². The quantitative estimate of drug-likeness (QED) is 0.560. The van der Waals surface area contributed by atoms with Crippen molar-refractivity contribution in [1.29, 1.82) is 0 Å². The van der Waals surface area contributed by atoms with E-state index in [9.17, 15) is 0 Å². The lowest BCUT2D eigenvalue weighted by atomic mass is 9.89. The molecule has 0 bridgehead atoms. The number of anilines is 4. The van der Waals surface area contributed by atoms with Crippen molar-refractivity contribution >= 4 is 28.4 Å². The summed E-state index contributed by atoms with van der Waals surface area (Å²) in [5.74, 6) is 0.422. The van der Waals surface area contributed by atoms with Crippen molar-refractivity contribution in [1.82, 2.24) is 4.90 Å². The molecule has 5 heterocycles. The predicted molar refractivity (Wildman–Crippen MR) is 117 cm³/mol. The summed E-state index contributed by atoms with van der Waals surface area (Å²) in [4.78, 5) is 10.1. The van der Waals surface area contributed by atoms with E-state index in [1.807, 2.05) is 0 Å². The summed E-state index contributed by atoms with van der Waals surface area (Å²) >= 11 is 0. The molecule has 4 heteroatoms. The summed E-state index contributed by atoms with van der Waals surface area (Å²) in [6.45, 7) is 0. The van der Waals surface area contributed by atoms with Crippen molar-refractivity contribution in [2.24, 2.45) is 0 Å². The van der Waals surface area contributed by atoms with Crippen LogP contribution in [0.1, 0.15) is 17.0 Å². The highest BCUT2D eigenvalue weighted by atomic mass is 15.5. The van der Waals surface area contributed by atoms with E-state index in [1.54, 1.807) is 0 Å². The van der Waals surface area contributed by atoms with Gasteiger partial charge in [0.1, 0.15) is 12.3 Å². The van der Waals surface area contributed by atoms with Gasteiger partial charge in [-0.2, -0.15) is 0 Å². The first-order valence-corrected chi connectivity index (χ1v) is 10.4. The number of fused-ring (bicyclic) bond motifs is 9. The van der Waals surface area contributed by atoms with E-state index in [2.05, 4.69) is 101 Å². The molecule has 3 aromatic carbocycles. The standard InChI is InChI=1S/C25H20N4/c1-26-13-20-15-8-4-3-7-14(15)16-11-12-19-21-22(24(26)29(20)23(16)21)25-27(2)17-9-5-6-10-18(17)28(19)25/h3-13,22,24-25H,1-2H3. The van der Waals surface area contributed by atoms with E-state index in [4.69, 9.17) is 0 Å². The zero-order valence-electron chi connectivity index (χ0n) is 16.4. The van der Waals surface area contributed by atoms with Gasteiger partial charge in [0.05, 0.1) is 28.7 Å². The number of hydrogen-bond acceptors (Lipinski definition) is 4. The van der Waals surface area contributed by atoms with Gasteiger partial charge in [-0.05, 0) is 23.8 Å². The number of para-hydroxylation sites is 2. The largest absolute Gasteiger partial charge is 0.358 e. The van der Waals surface area contributed by atoms with Gasteiger partial charge in [0.2, 0.25) is 0 Å². The van der Waals surface area contributed by atoms with Gasteiger partial charge >= 0.3 is 0 Å². The van der Waals surface area contributed by atoms with Gasteiger partial charge in [0, 0.05) is 42.7 Å². The Morgan fingerprint density at radius 2 is 1.41 bits per heavy atom. The highest BCUT2D eigenvalue weighted by Crippen LogP contribution is 2.66. The third-order valence-corrected chi connectivity index (χ3v) is 7.61. The summed E-state index contributed by atoms with van der Waals surface area (Å²) in [6, 6.07) is 22.4. The lowest BCUT2D eigenvalue weighted by molar-refractivity contribution is 0.305. The summed E-state index contributed by atoms with van der Waals surface area (Å²) in [7, 11) is 4.50. The van der Waals surface area contributed by atoms with Crippen molar-refractivity contribution in [3.63, 3.8) is 0 Å². The normalized spacial score (nSPS) is 25.9. The molecule has 5 aliphatic heterocycles. The fourth-order valence-electron chi connectivity index (χ4n) is 6.63. The monoisotopic (exact) mass is 376 g/mol. The van der Waals surface area contributed by atoms with Crippen LogP contribution in [-0.4, -0.2) is 31.3 Å². The van der Waals surface area contributed by atoms with Crippen LogP contribution in [0.4, 0.5) is 22.7 Å². The second-order valence-corrected chi connectivity index (χ2v) is 8.81. The molecule has 3 aromatic rings. The van der Waals surface area contributed by atoms with Crippen molar-refractivity contribution in [2.45, 2.75) is 18.2 Å². The second-order valence-electron chi connectivity index (χ2n) is 8.81. The molecule has 0 fully saturated rings. The van der Waals surface area contributed by atoms with Crippen LogP contribution in [0.3, 0.4) is 0 Å². The number of likely N-dealkylation sites (N-methyl/N-ethyl adjacent to an activating group) is 2. The van der Waals surface area contributed by atoms with Gasteiger partial charge in [-0.15, -0.1) is 0 Å². The van der Waals surface area contributed by atoms with Crippen LogP contribution in [0.15, 0.2) is 66.9 Å². The third kappa shape index (κ3) is 1.37. The van der Waals surface area contributed by atoms with Crippen molar-refractivity contribution in [3.05, 3.63) is 78.0 Å². The first-order chi connectivity index (χ1) is 14.3. The lowest BCUT2D eigenvalue weighted by Gasteiger charge is -2.38. The fraction of sp³-hybridized carbons (Fsp3) is 0.200. The van der Waals surface area contributed by atoms with E-state index < -0.39 is 0 Å². The number of benzene rings is 3. The first kappa shape index (κ1) is 14.6. The average Bonchev–Trinajstić information content (AvgIpc) is 3.45. The van der Waals surface area contributed by atoms with Gasteiger partial charge in [0.15, 0.2) is 0 Å². The average molecular weight is 376 g/mol. The van der Waals surface area contributed by atoms with Crippen LogP contribution in [0.25, 0.3) is 16.8 Å². The Bertz CT molecular complexity index is 1290. The maximum Gasteiger partial charge on any atom is 0.117 e. The van der Waals surface area contributed by atoms with Crippen molar-refractivity contribution < 1.29 is 0 Å². The van der Waals surface area contributed by atoms with E-state index in [1.165, 1.54) is 50.7 Å². The summed E-state index contributed by atoms with van der Waals surface area (Å²) < 4.78 is 0. The highest BCUT2D eigenvalue weighted by Gasteiger charge is 2.60. The topological polar surface area (TPSA) is 13.0 Å². The summed E-state index contributed by atoms with van der Waals surface area (Å²) in [5.41, 5.74) is 12.5. The Hall–Kier alpha value is -3.40. The molecule has 0 aliphatic carbocycles. The number of rotatable bonds is 0. The Morgan fingerprint density at radius 3 is 2.28 bits per heavy atom. The predicted octanol–water partition coefficient (Wildman–Crippen LogP) is 4.77. The minimum absolute atomic E-state index is 0.322. The number of nitrogens with zero attached hydrogens (tertiary/aromatic N) is 4. The van der Waals surface area contributed by atoms with Gasteiger partial charge in [0.25, 0.3) is 0 Å². The molecule has 0 aromatic heterocycles. The maximum atomic E-state index is 2.62. The van der Waals surface area contributed by atoms with Gasteiger partial charge < -0.3 is 19.6 Å². The fourth-order valence-corrected chi connectivity index (χ4v) is 6.63. The van der Waals surface area contributed by atoms with Crippen LogP contribution in [-0.2, 0) is 0 Å². The maximum absolute atomic E-state index is 2.62. The molecule has 0 amide bonds. The molecule has 8 rings (SSSR count). The molecule has 29 heavy (non-hydrogen) atoms. The molecule has 0 saturated heterocycles. The Morgan fingerprint density at radius 1 is 0.655 bits per heavy atom. The Kier molecular flexibility index (Phi) is 2.23. The van der Waals surface area contributed by atoms with Crippen LogP contribution in [0, 0.1) is 0 Å². The van der Waals surface area contributed by atoms with E-state index in [0.29, 0.717) is 18.2 Å². The van der Waals surface area contributed by atoms with E-state index in [-0.39, 0.29) is 0 Å². The molecule has 3 unspecified atom stereocenters. The molecular formula is C25H20N4. The first-order valence-electron chi connectivity index (χ1n) is 10.4. The molecule has 3 atom stereocenters. The number of hydrogen-bond donors (Lipinski definition) is 0. The van der Waals surface area contributed by atoms with Crippen LogP contribution in [0.5, 0.6) is 0 Å². The molecule has 5 aliphatic rings. The molecular weight excluding hydrogens is 356 g/mol. The second kappa shape index (κ2) is 4.43. The molecule has 0 saturated carbocycles. The minimum atomic E-state index is 0.322. The summed E-state index contributed by atoms with van der Waals surface area (Å²) in [6.07, 6.45) is 3.01. The molecule has 0 spiro atoms. The molecule has 4 nitrogen and oxygen atoms in total. The highest BCUT2D eigenvalue weighted by molar-refractivity contribution is 6.07. The minimum Gasteiger partial charge on any atom is -0.358 e. The van der Waals surface area contributed by atoms with Crippen molar-refractivity contribution in [2.75, 3.05) is 28.8 Å².